The van der Waals surface area contributed by atoms with Gasteiger partial charge in [0.15, 0.2) is 0 Å². The van der Waals surface area contributed by atoms with E-state index in [-0.39, 0.29) is 17.5 Å². The summed E-state index contributed by atoms with van der Waals surface area (Å²) in [6.45, 7) is 11.2. The standard InChI is InChI=1S/C20H26N2OS/c1-12-5-6-15-11-16(24-17(15)13(12)2)19(23)21-18-14-7-9-22(10-8-14)20(18,3)4/h5-6,11,14,18H,7-10H2,1-4H3,(H,21,23)/t18-/m0/s1. The highest BCUT2D eigenvalue weighted by molar-refractivity contribution is 7.21. The molecule has 24 heavy (non-hydrogen) atoms. The van der Waals surface area contributed by atoms with Crippen LogP contribution in [0.25, 0.3) is 10.1 Å². The van der Waals surface area contributed by atoms with Gasteiger partial charge in [0.2, 0.25) is 0 Å². The maximum Gasteiger partial charge on any atom is 0.261 e. The number of fused-ring (bicyclic) bond motifs is 4. The predicted octanol–water partition coefficient (Wildman–Crippen LogP) is 4.12. The summed E-state index contributed by atoms with van der Waals surface area (Å²) in [4.78, 5) is 16.3. The fourth-order valence-electron chi connectivity index (χ4n) is 4.54. The van der Waals surface area contributed by atoms with E-state index in [2.05, 4.69) is 56.1 Å². The van der Waals surface area contributed by atoms with Crippen molar-refractivity contribution < 1.29 is 4.79 Å². The molecular formula is C20H26N2OS. The van der Waals surface area contributed by atoms with Crippen LogP contribution in [0.3, 0.4) is 0 Å². The molecule has 0 radical (unpaired) electrons. The molecule has 5 rings (SSSR count). The molecule has 1 amide bonds. The van der Waals surface area contributed by atoms with Crippen molar-refractivity contribution in [1.82, 2.24) is 10.2 Å². The second-order valence-electron chi connectivity index (χ2n) is 7.97. The molecule has 0 unspecified atom stereocenters. The number of hydrogen-bond donors (Lipinski definition) is 1. The minimum Gasteiger partial charge on any atom is -0.346 e. The average Bonchev–Trinajstić information content (AvgIpc) is 3.00. The highest BCUT2D eigenvalue weighted by Crippen LogP contribution is 2.39. The minimum atomic E-state index is 0.0556. The van der Waals surface area contributed by atoms with Crippen molar-refractivity contribution in [2.24, 2.45) is 5.92 Å². The Hall–Kier alpha value is -1.39. The number of carbonyl (C=O) groups is 1. The van der Waals surface area contributed by atoms with Gasteiger partial charge in [0.1, 0.15) is 0 Å². The first kappa shape index (κ1) is 16.1. The first-order valence-corrected chi connectivity index (χ1v) is 9.75. The van der Waals surface area contributed by atoms with Crippen LogP contribution in [-0.2, 0) is 0 Å². The summed E-state index contributed by atoms with van der Waals surface area (Å²) in [5.41, 5.74) is 2.63. The Morgan fingerprint density at radius 3 is 2.62 bits per heavy atom. The van der Waals surface area contributed by atoms with Gasteiger partial charge in [-0.15, -0.1) is 11.3 Å². The van der Waals surface area contributed by atoms with E-state index >= 15 is 0 Å². The summed E-state index contributed by atoms with van der Waals surface area (Å²) < 4.78 is 1.24. The van der Waals surface area contributed by atoms with Crippen molar-refractivity contribution in [3.63, 3.8) is 0 Å². The summed E-state index contributed by atoms with van der Waals surface area (Å²) in [7, 11) is 0. The van der Waals surface area contributed by atoms with E-state index in [9.17, 15) is 4.79 Å². The minimum absolute atomic E-state index is 0.0556. The Balaban J connectivity index is 1.61. The van der Waals surface area contributed by atoms with Gasteiger partial charge in [-0.25, -0.2) is 0 Å². The summed E-state index contributed by atoms with van der Waals surface area (Å²) >= 11 is 1.63. The smallest absolute Gasteiger partial charge is 0.261 e. The average molecular weight is 343 g/mol. The maximum atomic E-state index is 12.9. The first-order chi connectivity index (χ1) is 11.4. The topological polar surface area (TPSA) is 32.3 Å². The van der Waals surface area contributed by atoms with E-state index in [1.165, 1.54) is 47.1 Å². The van der Waals surface area contributed by atoms with Crippen LogP contribution in [0.4, 0.5) is 0 Å². The monoisotopic (exact) mass is 342 g/mol. The van der Waals surface area contributed by atoms with Gasteiger partial charge in [0.05, 0.1) is 4.88 Å². The fourth-order valence-corrected chi connectivity index (χ4v) is 5.66. The third-order valence-corrected chi connectivity index (χ3v) is 7.57. The lowest BCUT2D eigenvalue weighted by Crippen LogP contribution is -2.69. The molecule has 1 aromatic carbocycles. The van der Waals surface area contributed by atoms with Crippen molar-refractivity contribution in [3.8, 4) is 0 Å². The molecule has 3 fully saturated rings. The van der Waals surface area contributed by atoms with Crippen molar-refractivity contribution in [3.05, 3.63) is 34.2 Å². The van der Waals surface area contributed by atoms with Crippen molar-refractivity contribution in [2.45, 2.75) is 52.1 Å². The molecule has 0 aliphatic carbocycles. The normalized spacial score (nSPS) is 28.2. The van der Waals surface area contributed by atoms with Crippen LogP contribution in [0.5, 0.6) is 0 Å². The number of rotatable bonds is 2. The number of nitrogens with zero attached hydrogens (tertiary/aromatic N) is 1. The molecule has 3 nitrogen and oxygen atoms in total. The van der Waals surface area contributed by atoms with Crippen LogP contribution < -0.4 is 5.32 Å². The Kier molecular flexibility index (Phi) is 3.73. The zero-order valence-electron chi connectivity index (χ0n) is 15.0. The van der Waals surface area contributed by atoms with Crippen molar-refractivity contribution >= 4 is 27.3 Å². The second-order valence-corrected chi connectivity index (χ2v) is 9.02. The zero-order valence-corrected chi connectivity index (χ0v) is 15.8. The molecule has 3 aliphatic rings. The van der Waals surface area contributed by atoms with Crippen LogP contribution in [-0.4, -0.2) is 35.5 Å². The third kappa shape index (κ3) is 2.39. The van der Waals surface area contributed by atoms with Gasteiger partial charge in [0, 0.05) is 16.3 Å². The molecule has 1 aromatic heterocycles. The number of hydrogen-bond acceptors (Lipinski definition) is 3. The number of benzene rings is 1. The molecule has 128 valence electrons. The van der Waals surface area contributed by atoms with Gasteiger partial charge in [-0.1, -0.05) is 12.1 Å². The fraction of sp³-hybridized carbons (Fsp3) is 0.550. The van der Waals surface area contributed by atoms with Crippen LogP contribution in [0.15, 0.2) is 18.2 Å². The highest BCUT2D eigenvalue weighted by atomic mass is 32.1. The molecule has 0 saturated carbocycles. The van der Waals surface area contributed by atoms with E-state index in [1.54, 1.807) is 11.3 Å². The van der Waals surface area contributed by atoms with E-state index < -0.39 is 0 Å². The number of nitrogens with one attached hydrogen (secondary N) is 1. The third-order valence-electron chi connectivity index (χ3n) is 6.30. The van der Waals surface area contributed by atoms with Gasteiger partial charge in [-0.05, 0) is 82.1 Å². The molecular weight excluding hydrogens is 316 g/mol. The summed E-state index contributed by atoms with van der Waals surface area (Å²) in [6.07, 6.45) is 2.41. The lowest BCUT2D eigenvalue weighted by atomic mass is 9.72. The molecule has 2 bridgehead atoms. The number of thiophene rings is 1. The Morgan fingerprint density at radius 2 is 1.96 bits per heavy atom. The molecule has 4 heteroatoms. The van der Waals surface area contributed by atoms with Crippen molar-refractivity contribution in [2.75, 3.05) is 13.1 Å². The second kappa shape index (κ2) is 5.57. The van der Waals surface area contributed by atoms with Crippen LogP contribution >= 0.6 is 11.3 Å². The molecule has 2 aromatic rings. The lowest BCUT2D eigenvalue weighted by Gasteiger charge is -2.56. The van der Waals surface area contributed by atoms with Gasteiger partial charge in [-0.3, -0.25) is 9.69 Å². The van der Waals surface area contributed by atoms with Gasteiger partial charge in [0.25, 0.3) is 5.91 Å². The van der Waals surface area contributed by atoms with E-state index in [1.807, 2.05) is 0 Å². The Morgan fingerprint density at radius 1 is 1.25 bits per heavy atom. The van der Waals surface area contributed by atoms with E-state index in [0.29, 0.717) is 5.92 Å². The lowest BCUT2D eigenvalue weighted by molar-refractivity contribution is -0.0377. The molecule has 4 heterocycles. The molecule has 0 spiro atoms. The van der Waals surface area contributed by atoms with Crippen LogP contribution in [0, 0.1) is 19.8 Å². The molecule has 1 N–H and O–H groups in total. The Labute approximate surface area is 148 Å². The predicted molar refractivity (Wildman–Crippen MR) is 101 cm³/mol. The quantitative estimate of drug-likeness (QED) is 0.890. The largest absolute Gasteiger partial charge is 0.346 e. The van der Waals surface area contributed by atoms with Gasteiger partial charge in [-0.2, -0.15) is 0 Å². The number of aryl methyl sites for hydroxylation is 2. The van der Waals surface area contributed by atoms with Gasteiger partial charge < -0.3 is 5.32 Å². The maximum absolute atomic E-state index is 12.9. The number of piperidine rings is 3. The summed E-state index contributed by atoms with van der Waals surface area (Å²) in [5, 5.41) is 4.56. The molecule has 3 aliphatic heterocycles. The van der Waals surface area contributed by atoms with E-state index in [4.69, 9.17) is 0 Å². The summed E-state index contributed by atoms with van der Waals surface area (Å²) in [5.74, 6) is 0.715. The van der Waals surface area contributed by atoms with E-state index in [0.717, 1.165) is 4.88 Å². The zero-order chi connectivity index (χ0) is 17.1. The van der Waals surface area contributed by atoms with Gasteiger partial charge >= 0.3 is 0 Å². The Bertz CT molecular complexity index is 799. The summed E-state index contributed by atoms with van der Waals surface area (Å²) in [6, 6.07) is 6.57. The SMILES string of the molecule is Cc1ccc2cc(C(=O)N[C@H]3C4CCN(CC4)C3(C)C)sc2c1C. The molecule has 1 atom stereocenters. The number of carbonyl (C=O) groups excluding carboxylic acids is 1. The van der Waals surface area contributed by atoms with Crippen molar-refractivity contribution in [1.29, 1.82) is 0 Å². The molecule has 3 saturated heterocycles. The first-order valence-electron chi connectivity index (χ1n) is 8.93. The number of amides is 1. The van der Waals surface area contributed by atoms with Crippen LogP contribution in [0.2, 0.25) is 0 Å². The highest BCUT2D eigenvalue weighted by Gasteiger charge is 2.48. The van der Waals surface area contributed by atoms with Crippen LogP contribution in [0.1, 0.15) is 47.5 Å².